The molecule has 3 atom stereocenters. The van der Waals surface area contributed by atoms with E-state index in [-0.39, 0.29) is 30.4 Å². The lowest BCUT2D eigenvalue weighted by Crippen LogP contribution is -2.53. The van der Waals surface area contributed by atoms with Gasteiger partial charge in [0, 0.05) is 38.8 Å². The van der Waals surface area contributed by atoms with Crippen molar-refractivity contribution in [2.75, 3.05) is 19.7 Å². The first-order valence-electron chi connectivity index (χ1n) is 9.04. The number of aliphatic hydroxyl groups is 1. The molecule has 2 saturated heterocycles. The molecule has 1 N–H and O–H groups in total. The summed E-state index contributed by atoms with van der Waals surface area (Å²) in [5, 5.41) is 14.2. The van der Waals surface area contributed by atoms with E-state index >= 15 is 0 Å². The molecule has 3 rings (SSSR count). The molecule has 0 saturated carbocycles. The molecule has 2 aliphatic rings. The zero-order valence-corrected chi connectivity index (χ0v) is 15.5. The maximum Gasteiger partial charge on any atom is 0.257 e. The van der Waals surface area contributed by atoms with Crippen LogP contribution in [-0.4, -0.2) is 67.8 Å². The molecule has 0 aliphatic carbocycles. The quantitative estimate of drug-likeness (QED) is 0.885. The molecule has 1 aromatic heterocycles. The Bertz CT molecular complexity index is 686. The van der Waals surface area contributed by atoms with Gasteiger partial charge >= 0.3 is 0 Å². The number of aliphatic hydroxyl groups excluding tert-OH is 1. The first-order valence-corrected chi connectivity index (χ1v) is 9.04. The lowest BCUT2D eigenvalue weighted by Gasteiger charge is -2.40. The molecular weight excluding hydrogens is 320 g/mol. The zero-order chi connectivity index (χ0) is 18.4. The van der Waals surface area contributed by atoms with Crippen LogP contribution in [0.3, 0.4) is 0 Å². The minimum absolute atomic E-state index is 0.00360. The molecule has 2 aliphatic heterocycles. The number of aryl methyl sites for hydroxylation is 2. The number of fused-ring (bicyclic) bond motifs is 1. The Kier molecular flexibility index (Phi) is 4.62. The summed E-state index contributed by atoms with van der Waals surface area (Å²) in [5.41, 5.74) is 0.890. The molecule has 25 heavy (non-hydrogen) atoms. The maximum absolute atomic E-state index is 12.9. The molecule has 1 aromatic rings. The van der Waals surface area contributed by atoms with E-state index in [2.05, 4.69) is 5.10 Å². The van der Waals surface area contributed by atoms with Gasteiger partial charge in [0.1, 0.15) is 0 Å². The van der Waals surface area contributed by atoms with Crippen molar-refractivity contribution in [2.45, 2.75) is 58.7 Å². The van der Waals surface area contributed by atoms with Crippen LogP contribution in [0.2, 0.25) is 0 Å². The number of rotatable bonds is 3. The number of aromatic nitrogens is 2. The largest absolute Gasteiger partial charge is 0.394 e. The molecule has 0 bridgehead atoms. The standard InChI is InChI=1S/C18H28N4O3/c1-5-21-10-15(12(2)19-21)17(25)20-7-6-16-14(9-20)8-18(4,11-23)22(16)13(3)24/h10,14,16,23H,5-9,11H2,1-4H3/t14-,16-,18+/m0/s1. The van der Waals surface area contributed by atoms with Crippen molar-refractivity contribution >= 4 is 11.8 Å². The van der Waals surface area contributed by atoms with Gasteiger partial charge in [0.2, 0.25) is 5.91 Å². The fourth-order valence-electron chi connectivity index (χ4n) is 4.62. The summed E-state index contributed by atoms with van der Waals surface area (Å²) < 4.78 is 1.78. The lowest BCUT2D eigenvalue weighted by atomic mass is 9.89. The number of carbonyl (C=O) groups is 2. The molecule has 2 fully saturated rings. The first-order chi connectivity index (χ1) is 11.8. The SMILES string of the molecule is CCn1cc(C(=O)N2CC[C@H]3[C@H](C2)C[C@](C)(CO)N3C(C)=O)c(C)n1. The Morgan fingerprint density at radius 1 is 1.44 bits per heavy atom. The Labute approximate surface area is 148 Å². The number of piperidine rings is 1. The third-order valence-electron chi connectivity index (χ3n) is 5.78. The number of hydrogen-bond acceptors (Lipinski definition) is 4. The van der Waals surface area contributed by atoms with Gasteiger partial charge in [0.15, 0.2) is 0 Å². The fourth-order valence-corrected chi connectivity index (χ4v) is 4.62. The monoisotopic (exact) mass is 348 g/mol. The van der Waals surface area contributed by atoms with E-state index in [1.165, 1.54) is 0 Å². The third kappa shape index (κ3) is 2.94. The van der Waals surface area contributed by atoms with Crippen molar-refractivity contribution in [1.82, 2.24) is 19.6 Å². The average Bonchev–Trinajstić information content (AvgIpc) is 3.10. The summed E-state index contributed by atoms with van der Waals surface area (Å²) in [4.78, 5) is 28.8. The molecule has 7 heteroatoms. The van der Waals surface area contributed by atoms with Crippen molar-refractivity contribution in [3.8, 4) is 0 Å². The molecule has 0 unspecified atom stereocenters. The highest BCUT2D eigenvalue weighted by molar-refractivity contribution is 5.95. The molecule has 2 amide bonds. The number of carbonyl (C=O) groups excluding carboxylic acids is 2. The minimum Gasteiger partial charge on any atom is -0.394 e. The second-order valence-electron chi connectivity index (χ2n) is 7.60. The summed E-state index contributed by atoms with van der Waals surface area (Å²) in [6, 6.07) is 0.109. The Hall–Kier alpha value is -1.89. The number of hydrogen-bond donors (Lipinski definition) is 1. The highest BCUT2D eigenvalue weighted by atomic mass is 16.3. The van der Waals surface area contributed by atoms with Gasteiger partial charge in [-0.2, -0.15) is 5.10 Å². The predicted molar refractivity (Wildman–Crippen MR) is 93.1 cm³/mol. The van der Waals surface area contributed by atoms with Crippen LogP contribution in [0.15, 0.2) is 6.20 Å². The van der Waals surface area contributed by atoms with E-state index < -0.39 is 5.54 Å². The Morgan fingerprint density at radius 2 is 2.16 bits per heavy atom. The number of likely N-dealkylation sites (tertiary alicyclic amines) is 2. The van der Waals surface area contributed by atoms with E-state index in [4.69, 9.17) is 0 Å². The van der Waals surface area contributed by atoms with E-state index in [9.17, 15) is 14.7 Å². The summed E-state index contributed by atoms with van der Waals surface area (Å²) >= 11 is 0. The first kappa shape index (κ1) is 17.9. The number of nitrogens with zero attached hydrogens (tertiary/aromatic N) is 4. The minimum atomic E-state index is -0.525. The van der Waals surface area contributed by atoms with Gasteiger partial charge in [0.05, 0.1) is 23.4 Å². The fraction of sp³-hybridized carbons (Fsp3) is 0.722. The van der Waals surface area contributed by atoms with Gasteiger partial charge in [0.25, 0.3) is 5.91 Å². The van der Waals surface area contributed by atoms with E-state index in [1.807, 2.05) is 36.8 Å². The summed E-state index contributed by atoms with van der Waals surface area (Å²) in [5.74, 6) is 0.229. The van der Waals surface area contributed by atoms with Crippen molar-refractivity contribution in [3.05, 3.63) is 17.5 Å². The zero-order valence-electron chi connectivity index (χ0n) is 15.5. The van der Waals surface area contributed by atoms with Crippen LogP contribution >= 0.6 is 0 Å². The van der Waals surface area contributed by atoms with Crippen LogP contribution in [0.5, 0.6) is 0 Å². The van der Waals surface area contributed by atoms with Crippen molar-refractivity contribution in [2.24, 2.45) is 5.92 Å². The van der Waals surface area contributed by atoms with E-state index in [0.717, 1.165) is 25.1 Å². The summed E-state index contributed by atoms with van der Waals surface area (Å²) in [6.07, 6.45) is 3.30. The van der Waals surface area contributed by atoms with Gasteiger partial charge in [-0.3, -0.25) is 14.3 Å². The maximum atomic E-state index is 12.9. The van der Waals surface area contributed by atoms with Crippen molar-refractivity contribution in [1.29, 1.82) is 0 Å². The highest BCUT2D eigenvalue weighted by Crippen LogP contribution is 2.42. The smallest absolute Gasteiger partial charge is 0.257 e. The molecule has 0 spiro atoms. The second kappa shape index (κ2) is 6.44. The van der Waals surface area contributed by atoms with Crippen LogP contribution in [-0.2, 0) is 11.3 Å². The van der Waals surface area contributed by atoms with Gasteiger partial charge < -0.3 is 14.9 Å². The topological polar surface area (TPSA) is 78.7 Å². The van der Waals surface area contributed by atoms with Gasteiger partial charge in [-0.25, -0.2) is 0 Å². The van der Waals surface area contributed by atoms with Crippen LogP contribution in [0.25, 0.3) is 0 Å². The van der Waals surface area contributed by atoms with Crippen LogP contribution < -0.4 is 0 Å². The van der Waals surface area contributed by atoms with Gasteiger partial charge in [-0.1, -0.05) is 0 Å². The number of amides is 2. The highest BCUT2D eigenvalue weighted by Gasteiger charge is 2.51. The summed E-state index contributed by atoms with van der Waals surface area (Å²) in [6.45, 7) is 9.31. The predicted octanol–water partition coefficient (Wildman–Crippen LogP) is 1.05. The van der Waals surface area contributed by atoms with Gasteiger partial charge in [-0.05, 0) is 39.5 Å². The normalized spacial score (nSPS) is 29.0. The Balaban J connectivity index is 1.78. The van der Waals surface area contributed by atoms with Crippen LogP contribution in [0, 0.1) is 12.8 Å². The van der Waals surface area contributed by atoms with Crippen molar-refractivity contribution < 1.29 is 14.7 Å². The van der Waals surface area contributed by atoms with Crippen LogP contribution in [0.4, 0.5) is 0 Å². The van der Waals surface area contributed by atoms with Crippen LogP contribution in [0.1, 0.15) is 49.7 Å². The molecule has 0 aromatic carbocycles. The third-order valence-corrected chi connectivity index (χ3v) is 5.78. The molecule has 3 heterocycles. The summed E-state index contributed by atoms with van der Waals surface area (Å²) in [7, 11) is 0. The van der Waals surface area contributed by atoms with E-state index in [1.54, 1.807) is 11.6 Å². The van der Waals surface area contributed by atoms with E-state index in [0.29, 0.717) is 18.7 Å². The Morgan fingerprint density at radius 3 is 2.72 bits per heavy atom. The molecule has 138 valence electrons. The molecule has 0 radical (unpaired) electrons. The lowest BCUT2D eigenvalue weighted by molar-refractivity contribution is -0.137. The molecular formula is C18H28N4O3. The molecule has 7 nitrogen and oxygen atoms in total. The average molecular weight is 348 g/mol. The second-order valence-corrected chi connectivity index (χ2v) is 7.60. The van der Waals surface area contributed by atoms with Gasteiger partial charge in [-0.15, -0.1) is 0 Å². The van der Waals surface area contributed by atoms with Crippen molar-refractivity contribution in [3.63, 3.8) is 0 Å².